The lowest BCUT2D eigenvalue weighted by Gasteiger charge is -2.52. The van der Waals surface area contributed by atoms with Gasteiger partial charge in [-0.25, -0.2) is 0 Å². The molecule has 3 N–H and O–H groups in total. The zero-order valence-corrected chi connectivity index (χ0v) is 24.0. The van der Waals surface area contributed by atoms with Gasteiger partial charge >= 0.3 is 5.97 Å². The molecule has 37 heavy (non-hydrogen) atoms. The summed E-state index contributed by atoms with van der Waals surface area (Å²) in [4.78, 5) is 14.2. The molecule has 1 aliphatic heterocycles. The SMILES string of the molecule is CC(C)(C(=O)O)C1CCC([C@H](O)CCCN2CCC(C(O)(C3CCCCC3)C3CCCCC3)CC2)CC1. The summed E-state index contributed by atoms with van der Waals surface area (Å²) in [6, 6.07) is 0. The topological polar surface area (TPSA) is 81.0 Å². The van der Waals surface area contributed by atoms with Crippen LogP contribution in [0.15, 0.2) is 0 Å². The van der Waals surface area contributed by atoms with Crippen LogP contribution in [-0.4, -0.2) is 57.5 Å². The number of rotatable bonds is 10. The van der Waals surface area contributed by atoms with Crippen molar-refractivity contribution < 1.29 is 20.1 Å². The van der Waals surface area contributed by atoms with Gasteiger partial charge in [0.15, 0.2) is 0 Å². The predicted molar refractivity (Wildman–Crippen MR) is 149 cm³/mol. The number of likely N-dealkylation sites (tertiary alicyclic amines) is 1. The van der Waals surface area contributed by atoms with E-state index in [0.29, 0.717) is 23.7 Å². The van der Waals surface area contributed by atoms with Crippen LogP contribution in [0.25, 0.3) is 0 Å². The molecule has 1 saturated heterocycles. The van der Waals surface area contributed by atoms with Gasteiger partial charge in [-0.1, -0.05) is 38.5 Å². The van der Waals surface area contributed by atoms with Gasteiger partial charge in [0.2, 0.25) is 0 Å². The van der Waals surface area contributed by atoms with Crippen LogP contribution in [0.3, 0.4) is 0 Å². The van der Waals surface area contributed by atoms with E-state index in [0.717, 1.165) is 71.0 Å². The summed E-state index contributed by atoms with van der Waals surface area (Å²) in [5.41, 5.74) is -1.10. The molecule has 0 bridgehead atoms. The first-order valence-electron chi connectivity index (χ1n) is 16.1. The van der Waals surface area contributed by atoms with E-state index in [2.05, 4.69) is 4.90 Å². The van der Waals surface area contributed by atoms with E-state index in [1.165, 1.54) is 64.2 Å². The van der Waals surface area contributed by atoms with Gasteiger partial charge < -0.3 is 20.2 Å². The van der Waals surface area contributed by atoms with Crippen molar-refractivity contribution in [3.8, 4) is 0 Å². The quantitative estimate of drug-likeness (QED) is 0.301. The third-order valence-corrected chi connectivity index (χ3v) is 11.6. The second-order valence-corrected chi connectivity index (χ2v) is 14.0. The molecule has 1 atom stereocenters. The Morgan fingerprint density at radius 2 is 1.24 bits per heavy atom. The molecule has 214 valence electrons. The zero-order valence-electron chi connectivity index (χ0n) is 24.0. The molecule has 0 radical (unpaired) electrons. The fraction of sp³-hybridized carbons (Fsp3) is 0.969. The first-order chi connectivity index (χ1) is 17.7. The number of hydrogen-bond acceptors (Lipinski definition) is 4. The normalized spacial score (nSPS) is 29.3. The van der Waals surface area contributed by atoms with E-state index in [9.17, 15) is 20.1 Å². The molecule has 5 heteroatoms. The highest BCUT2D eigenvalue weighted by atomic mass is 16.4. The minimum absolute atomic E-state index is 0.218. The van der Waals surface area contributed by atoms with Crippen molar-refractivity contribution in [2.24, 2.45) is 35.0 Å². The average Bonchev–Trinajstić information content (AvgIpc) is 2.94. The van der Waals surface area contributed by atoms with Gasteiger partial charge in [0.05, 0.1) is 17.1 Å². The molecule has 0 unspecified atom stereocenters. The lowest BCUT2D eigenvalue weighted by molar-refractivity contribution is -0.151. The summed E-state index contributed by atoms with van der Waals surface area (Å²) in [6.45, 7) is 6.95. The number of nitrogens with zero attached hydrogens (tertiary/aromatic N) is 1. The Balaban J connectivity index is 1.20. The molecule has 1 heterocycles. The molecule has 5 nitrogen and oxygen atoms in total. The van der Waals surface area contributed by atoms with E-state index < -0.39 is 17.0 Å². The van der Waals surface area contributed by atoms with E-state index in [4.69, 9.17) is 0 Å². The van der Waals surface area contributed by atoms with Crippen molar-refractivity contribution in [3.05, 3.63) is 0 Å². The molecule has 3 aliphatic carbocycles. The molecule has 0 aromatic rings. The number of carbonyl (C=O) groups is 1. The second kappa shape index (κ2) is 13.1. The first-order valence-corrected chi connectivity index (χ1v) is 16.1. The molecule has 0 spiro atoms. The maximum absolute atomic E-state index is 12.4. The Labute approximate surface area is 226 Å². The molecule has 0 aromatic carbocycles. The number of aliphatic hydroxyl groups is 2. The van der Waals surface area contributed by atoms with E-state index >= 15 is 0 Å². The summed E-state index contributed by atoms with van der Waals surface area (Å²) in [5, 5.41) is 32.8. The van der Waals surface area contributed by atoms with Gasteiger partial charge in [0.25, 0.3) is 0 Å². The van der Waals surface area contributed by atoms with Crippen LogP contribution in [0.2, 0.25) is 0 Å². The first kappa shape index (κ1) is 29.3. The number of aliphatic hydroxyl groups excluding tert-OH is 1. The fourth-order valence-corrected chi connectivity index (χ4v) is 8.91. The number of hydrogen-bond donors (Lipinski definition) is 3. The van der Waals surface area contributed by atoms with E-state index in [1.54, 1.807) is 0 Å². The molecule has 4 fully saturated rings. The van der Waals surface area contributed by atoms with Crippen LogP contribution >= 0.6 is 0 Å². The minimum Gasteiger partial charge on any atom is -0.481 e. The van der Waals surface area contributed by atoms with Crippen molar-refractivity contribution in [1.29, 1.82) is 0 Å². The largest absolute Gasteiger partial charge is 0.481 e. The Bertz CT molecular complexity index is 678. The summed E-state index contributed by atoms with van der Waals surface area (Å²) < 4.78 is 0. The van der Waals surface area contributed by atoms with E-state index in [-0.39, 0.29) is 12.0 Å². The van der Waals surface area contributed by atoms with Crippen molar-refractivity contribution in [1.82, 2.24) is 4.90 Å². The maximum atomic E-state index is 12.4. The van der Waals surface area contributed by atoms with Crippen LogP contribution in [0, 0.1) is 35.0 Å². The molecular formula is C32H57NO4. The second-order valence-electron chi connectivity index (χ2n) is 14.0. The Hall–Kier alpha value is -0.650. The highest BCUT2D eigenvalue weighted by molar-refractivity contribution is 5.74. The lowest BCUT2D eigenvalue weighted by Crippen LogP contribution is -2.55. The summed E-state index contributed by atoms with van der Waals surface area (Å²) in [7, 11) is 0. The molecule has 4 aliphatic rings. The van der Waals surface area contributed by atoms with Gasteiger partial charge in [-0.15, -0.1) is 0 Å². The molecule has 0 aromatic heterocycles. The molecule has 3 saturated carbocycles. The number of aliphatic carboxylic acids is 1. The van der Waals surface area contributed by atoms with Gasteiger partial charge in [0.1, 0.15) is 0 Å². The van der Waals surface area contributed by atoms with E-state index in [1.807, 2.05) is 13.8 Å². The van der Waals surface area contributed by atoms with Crippen molar-refractivity contribution in [2.75, 3.05) is 19.6 Å². The molecular weight excluding hydrogens is 462 g/mol. The van der Waals surface area contributed by atoms with Crippen LogP contribution < -0.4 is 0 Å². The Kier molecular flexibility index (Phi) is 10.4. The Morgan fingerprint density at radius 1 is 0.757 bits per heavy atom. The third kappa shape index (κ3) is 6.92. The zero-order chi connectivity index (χ0) is 26.5. The number of carboxylic acid groups (broad SMARTS) is 1. The van der Waals surface area contributed by atoms with Crippen LogP contribution in [0.5, 0.6) is 0 Å². The Morgan fingerprint density at radius 3 is 1.73 bits per heavy atom. The van der Waals surface area contributed by atoms with Crippen LogP contribution in [0.4, 0.5) is 0 Å². The minimum atomic E-state index is -0.698. The van der Waals surface area contributed by atoms with Gasteiger partial charge in [-0.2, -0.15) is 0 Å². The van der Waals surface area contributed by atoms with Crippen molar-refractivity contribution >= 4 is 5.97 Å². The molecule has 4 rings (SSSR count). The maximum Gasteiger partial charge on any atom is 0.309 e. The summed E-state index contributed by atoms with van der Waals surface area (Å²) in [6.07, 6.45) is 20.5. The summed E-state index contributed by atoms with van der Waals surface area (Å²) >= 11 is 0. The standard InChI is InChI=1S/C32H57NO4/c1-31(2,30(35)36)25-17-15-24(16-18-25)29(34)14-9-21-33-22-19-28(20-23-33)32(37,26-10-5-3-6-11-26)27-12-7-4-8-13-27/h24-29,34,37H,3-23H2,1-2H3,(H,35,36)/t24?,25?,29-/m1/s1. The number of piperidine rings is 1. The smallest absolute Gasteiger partial charge is 0.309 e. The summed E-state index contributed by atoms with van der Waals surface area (Å²) in [5.74, 6) is 1.35. The van der Waals surface area contributed by atoms with Gasteiger partial charge in [0, 0.05) is 0 Å². The van der Waals surface area contributed by atoms with Crippen LogP contribution in [-0.2, 0) is 4.79 Å². The fourth-order valence-electron chi connectivity index (χ4n) is 8.91. The third-order valence-electron chi connectivity index (χ3n) is 11.6. The van der Waals surface area contributed by atoms with Crippen molar-refractivity contribution in [2.45, 2.75) is 141 Å². The van der Waals surface area contributed by atoms with Crippen LogP contribution in [0.1, 0.15) is 129 Å². The lowest BCUT2D eigenvalue weighted by atomic mass is 9.59. The van der Waals surface area contributed by atoms with Gasteiger partial charge in [-0.05, 0) is 140 Å². The molecule has 0 amide bonds. The highest BCUT2D eigenvalue weighted by Gasteiger charge is 2.50. The number of carboxylic acids is 1. The average molecular weight is 520 g/mol. The monoisotopic (exact) mass is 519 g/mol. The highest BCUT2D eigenvalue weighted by Crippen LogP contribution is 2.49. The van der Waals surface area contributed by atoms with Gasteiger partial charge in [-0.3, -0.25) is 4.79 Å². The van der Waals surface area contributed by atoms with Crippen molar-refractivity contribution in [3.63, 3.8) is 0 Å². The predicted octanol–water partition coefficient (Wildman–Crippen LogP) is 6.65.